The van der Waals surface area contributed by atoms with E-state index < -0.39 is 0 Å². The lowest BCUT2D eigenvalue weighted by atomic mass is 10.1. The first-order valence-electron chi connectivity index (χ1n) is 8.55. The van der Waals surface area contributed by atoms with E-state index in [1.165, 1.54) is 6.21 Å². The maximum absolute atomic E-state index is 12.1. The van der Waals surface area contributed by atoms with E-state index in [2.05, 4.69) is 30.4 Å². The summed E-state index contributed by atoms with van der Waals surface area (Å²) in [7, 11) is 1.81. The number of hydrazone groups is 1. The van der Waals surface area contributed by atoms with Crippen LogP contribution in [0.15, 0.2) is 35.4 Å². The molecule has 0 aliphatic rings. The van der Waals surface area contributed by atoms with Gasteiger partial charge in [0.2, 0.25) is 0 Å². The lowest BCUT2D eigenvalue weighted by Gasteiger charge is -2.08. The third kappa shape index (κ3) is 4.96. The molecule has 0 fully saturated rings. The Morgan fingerprint density at radius 3 is 2.65 bits per heavy atom. The molecule has 1 aromatic carbocycles. The van der Waals surface area contributed by atoms with Crippen LogP contribution in [0.3, 0.4) is 0 Å². The minimum Gasteiger partial charge on any atom is -0.494 e. The molecule has 0 unspecified atom stereocenters. The van der Waals surface area contributed by atoms with Crippen LogP contribution in [-0.2, 0) is 7.05 Å². The van der Waals surface area contributed by atoms with Crippen LogP contribution in [0.2, 0.25) is 0 Å². The third-order valence-electron chi connectivity index (χ3n) is 4.14. The molecular weight excluding hydrogens is 328 g/mol. The number of carbonyl (C=O) groups is 1. The fraction of sp³-hybridized carbons (Fsp3) is 0.350. The number of aromatic nitrogens is 1. The monoisotopic (exact) mass is 352 g/mol. The van der Waals surface area contributed by atoms with Crippen LogP contribution < -0.4 is 10.2 Å². The van der Waals surface area contributed by atoms with Crippen molar-refractivity contribution in [3.8, 4) is 11.8 Å². The summed E-state index contributed by atoms with van der Waals surface area (Å²) in [5.41, 5.74) is 5.24. The Morgan fingerprint density at radius 2 is 2.08 bits per heavy atom. The molecule has 2 rings (SSSR count). The van der Waals surface area contributed by atoms with Crippen molar-refractivity contribution >= 4 is 12.1 Å². The summed E-state index contributed by atoms with van der Waals surface area (Å²) in [4.78, 5) is 12.1. The minimum atomic E-state index is -0.302. The third-order valence-corrected chi connectivity index (χ3v) is 4.14. The van der Waals surface area contributed by atoms with E-state index in [0.29, 0.717) is 23.8 Å². The van der Waals surface area contributed by atoms with Gasteiger partial charge in [-0.2, -0.15) is 10.4 Å². The molecule has 2 aromatic rings. The first-order chi connectivity index (χ1) is 12.4. The number of benzene rings is 1. The molecule has 1 amide bonds. The van der Waals surface area contributed by atoms with Gasteiger partial charge >= 0.3 is 0 Å². The van der Waals surface area contributed by atoms with E-state index in [-0.39, 0.29) is 5.91 Å². The Hall–Kier alpha value is -3.07. The van der Waals surface area contributed by atoms with Gasteiger partial charge in [-0.25, -0.2) is 5.43 Å². The first kappa shape index (κ1) is 19.3. The molecule has 136 valence electrons. The van der Waals surface area contributed by atoms with Gasteiger partial charge in [0.1, 0.15) is 17.5 Å². The summed E-state index contributed by atoms with van der Waals surface area (Å²) in [6.07, 6.45) is 2.53. The number of amides is 1. The van der Waals surface area contributed by atoms with Gasteiger partial charge in [-0.15, -0.1) is 0 Å². The van der Waals surface area contributed by atoms with Crippen molar-refractivity contribution in [3.63, 3.8) is 0 Å². The summed E-state index contributed by atoms with van der Waals surface area (Å²) >= 11 is 0. The van der Waals surface area contributed by atoms with E-state index in [9.17, 15) is 4.79 Å². The lowest BCUT2D eigenvalue weighted by molar-refractivity contribution is 0.0955. The average molecular weight is 352 g/mol. The molecule has 1 heterocycles. The van der Waals surface area contributed by atoms with Crippen molar-refractivity contribution in [2.45, 2.75) is 27.2 Å². The number of carbonyl (C=O) groups excluding carboxylic acids is 1. The molecule has 0 saturated carbocycles. The largest absolute Gasteiger partial charge is 0.494 e. The molecule has 6 nitrogen and oxygen atoms in total. The SMILES string of the molecule is Cc1c(/C=N\NC(=O)c2ccc(OCCC(C)C)cc2)cc(C#N)n1C. The first-order valence-corrected chi connectivity index (χ1v) is 8.55. The highest BCUT2D eigenvalue weighted by atomic mass is 16.5. The van der Waals surface area contributed by atoms with Gasteiger partial charge in [-0.3, -0.25) is 4.79 Å². The number of hydrogen-bond donors (Lipinski definition) is 1. The van der Waals surface area contributed by atoms with E-state index >= 15 is 0 Å². The Kier molecular flexibility index (Phi) is 6.56. The van der Waals surface area contributed by atoms with Crippen LogP contribution in [-0.4, -0.2) is 23.3 Å². The highest BCUT2D eigenvalue weighted by molar-refractivity contribution is 5.95. The number of hydrogen-bond acceptors (Lipinski definition) is 4. The average Bonchev–Trinajstić information content (AvgIpc) is 2.90. The lowest BCUT2D eigenvalue weighted by Crippen LogP contribution is -2.17. The maximum atomic E-state index is 12.1. The van der Waals surface area contributed by atoms with E-state index in [4.69, 9.17) is 10.00 Å². The molecule has 0 saturated heterocycles. The maximum Gasteiger partial charge on any atom is 0.271 e. The number of nitriles is 1. The topological polar surface area (TPSA) is 79.4 Å². The molecule has 0 spiro atoms. The zero-order valence-corrected chi connectivity index (χ0v) is 15.6. The minimum absolute atomic E-state index is 0.302. The standard InChI is InChI=1S/C20H24N4O2/c1-14(2)9-10-26-19-7-5-16(6-8-19)20(25)23-22-13-17-11-18(12-21)24(4)15(17)3/h5-8,11,13-14H,9-10H2,1-4H3,(H,23,25)/b22-13-. The van der Waals surface area contributed by atoms with Crippen molar-refractivity contribution in [3.05, 3.63) is 52.8 Å². The van der Waals surface area contributed by atoms with Crippen molar-refractivity contribution in [1.82, 2.24) is 9.99 Å². The van der Waals surface area contributed by atoms with Crippen LogP contribution >= 0.6 is 0 Å². The van der Waals surface area contributed by atoms with Gasteiger partial charge < -0.3 is 9.30 Å². The predicted molar refractivity (Wildman–Crippen MR) is 101 cm³/mol. The summed E-state index contributed by atoms with van der Waals surface area (Å²) < 4.78 is 7.42. The molecule has 0 radical (unpaired) electrons. The quantitative estimate of drug-likeness (QED) is 0.613. The number of nitrogens with one attached hydrogen (secondary N) is 1. The number of nitrogens with zero attached hydrogens (tertiary/aromatic N) is 3. The molecule has 0 aliphatic carbocycles. The van der Waals surface area contributed by atoms with E-state index in [1.54, 1.807) is 34.9 Å². The normalized spacial score (nSPS) is 10.9. The number of ether oxygens (including phenoxy) is 1. The zero-order valence-electron chi connectivity index (χ0n) is 15.6. The van der Waals surface area contributed by atoms with Gasteiger partial charge in [0.05, 0.1) is 12.8 Å². The zero-order chi connectivity index (χ0) is 19.1. The van der Waals surface area contributed by atoms with E-state index in [0.717, 1.165) is 23.4 Å². The molecule has 1 N–H and O–H groups in total. The van der Waals surface area contributed by atoms with Gasteiger partial charge in [0.25, 0.3) is 5.91 Å². The second kappa shape index (κ2) is 8.86. The second-order valence-electron chi connectivity index (χ2n) is 6.50. The van der Waals surface area contributed by atoms with E-state index in [1.807, 2.05) is 14.0 Å². The van der Waals surface area contributed by atoms with Crippen LogP contribution in [0.4, 0.5) is 0 Å². The second-order valence-corrected chi connectivity index (χ2v) is 6.50. The summed E-state index contributed by atoms with van der Waals surface area (Å²) in [5, 5.41) is 13.0. The molecule has 26 heavy (non-hydrogen) atoms. The van der Waals surface area contributed by atoms with Gasteiger partial charge in [0, 0.05) is 23.9 Å². The molecule has 6 heteroatoms. The molecule has 0 bridgehead atoms. The Balaban J connectivity index is 1.92. The van der Waals surface area contributed by atoms with Crippen LogP contribution in [0, 0.1) is 24.2 Å². The molecule has 0 aliphatic heterocycles. The van der Waals surface area contributed by atoms with Gasteiger partial charge in [-0.05, 0) is 49.6 Å². The van der Waals surface area contributed by atoms with Crippen molar-refractivity contribution in [2.24, 2.45) is 18.1 Å². The predicted octanol–water partition coefficient (Wildman–Crippen LogP) is 3.39. The highest BCUT2D eigenvalue weighted by Gasteiger charge is 2.07. The van der Waals surface area contributed by atoms with Crippen LogP contribution in [0.1, 0.15) is 47.6 Å². The summed E-state index contributed by atoms with van der Waals surface area (Å²) in [6.45, 7) is 6.85. The summed E-state index contributed by atoms with van der Waals surface area (Å²) in [6, 6.07) is 10.8. The summed E-state index contributed by atoms with van der Waals surface area (Å²) in [5.74, 6) is 1.04. The molecule has 1 aromatic heterocycles. The molecular formula is C20H24N4O2. The van der Waals surface area contributed by atoms with Gasteiger partial charge in [-0.1, -0.05) is 13.8 Å². The fourth-order valence-corrected chi connectivity index (χ4v) is 2.30. The molecule has 0 atom stereocenters. The Bertz CT molecular complexity index is 827. The highest BCUT2D eigenvalue weighted by Crippen LogP contribution is 2.14. The van der Waals surface area contributed by atoms with Crippen molar-refractivity contribution < 1.29 is 9.53 Å². The Labute approximate surface area is 154 Å². The van der Waals surface area contributed by atoms with Crippen molar-refractivity contribution in [2.75, 3.05) is 6.61 Å². The van der Waals surface area contributed by atoms with Crippen LogP contribution in [0.25, 0.3) is 0 Å². The smallest absolute Gasteiger partial charge is 0.271 e. The van der Waals surface area contributed by atoms with Crippen molar-refractivity contribution in [1.29, 1.82) is 5.26 Å². The Morgan fingerprint density at radius 1 is 1.38 bits per heavy atom. The van der Waals surface area contributed by atoms with Gasteiger partial charge in [0.15, 0.2) is 0 Å². The fourth-order valence-electron chi connectivity index (χ4n) is 2.30. The van der Waals surface area contributed by atoms with Crippen LogP contribution in [0.5, 0.6) is 5.75 Å². The number of rotatable bonds is 7.